The maximum absolute atomic E-state index is 13.6. The predicted octanol–water partition coefficient (Wildman–Crippen LogP) is 5.41. The second kappa shape index (κ2) is 14.2. The molecule has 2 aromatic carbocycles. The van der Waals surface area contributed by atoms with Crippen LogP contribution in [0.2, 0.25) is 10.0 Å². The van der Waals surface area contributed by atoms with Crippen LogP contribution in [0.25, 0.3) is 0 Å². The number of halogens is 2. The molecule has 0 aliphatic heterocycles. The fraction of sp³-hybridized carbons (Fsp3) is 0.500. The second-order valence-corrected chi connectivity index (χ2v) is 12.6. The van der Waals surface area contributed by atoms with Crippen LogP contribution in [0.5, 0.6) is 5.75 Å². The van der Waals surface area contributed by atoms with Gasteiger partial charge in [-0.25, -0.2) is 8.42 Å². The van der Waals surface area contributed by atoms with Crippen LogP contribution in [-0.2, 0) is 26.2 Å². The summed E-state index contributed by atoms with van der Waals surface area (Å²) in [5.41, 5.74) is 0.952. The van der Waals surface area contributed by atoms with E-state index >= 15 is 0 Å². The highest BCUT2D eigenvalue weighted by atomic mass is 35.5. The summed E-state index contributed by atoms with van der Waals surface area (Å²) in [6.45, 7) is 1.81. The summed E-state index contributed by atoms with van der Waals surface area (Å²) in [6.07, 6.45) is 6.51. The summed E-state index contributed by atoms with van der Waals surface area (Å²) in [5, 5.41) is 3.90. The van der Waals surface area contributed by atoms with E-state index in [1.165, 1.54) is 16.3 Å². The molecule has 0 spiro atoms. The van der Waals surface area contributed by atoms with Gasteiger partial charge in [0, 0.05) is 41.2 Å². The number of amides is 2. The molecule has 0 heterocycles. The topological polar surface area (TPSA) is 96.0 Å². The van der Waals surface area contributed by atoms with Crippen LogP contribution in [0, 0.1) is 0 Å². The van der Waals surface area contributed by atoms with Crippen molar-refractivity contribution in [2.75, 3.05) is 24.2 Å². The third-order valence-corrected chi connectivity index (χ3v) is 8.90. The van der Waals surface area contributed by atoms with Crippen molar-refractivity contribution < 1.29 is 22.7 Å². The molecule has 3 rings (SSSR count). The molecule has 1 fully saturated rings. The number of nitrogens with one attached hydrogen (secondary N) is 1. The third kappa shape index (κ3) is 8.50. The number of carbonyl (C=O) groups excluding carboxylic acids is 2. The molecule has 0 unspecified atom stereocenters. The Balaban J connectivity index is 1.78. The molecular formula is C28H37Cl2N3O5S. The number of benzene rings is 2. The molecule has 39 heavy (non-hydrogen) atoms. The van der Waals surface area contributed by atoms with E-state index in [0.29, 0.717) is 27.0 Å². The Morgan fingerprint density at radius 1 is 1.05 bits per heavy atom. The van der Waals surface area contributed by atoms with Crippen LogP contribution in [-0.4, -0.2) is 57.1 Å². The van der Waals surface area contributed by atoms with Crippen molar-refractivity contribution in [3.63, 3.8) is 0 Å². The number of sulfonamides is 1. The minimum absolute atomic E-state index is 0.0181. The Kier molecular flexibility index (Phi) is 11.3. The van der Waals surface area contributed by atoms with E-state index in [2.05, 4.69) is 5.32 Å². The van der Waals surface area contributed by atoms with Gasteiger partial charge in [-0.15, -0.1) is 0 Å². The van der Waals surface area contributed by atoms with E-state index in [-0.39, 0.29) is 43.8 Å². The highest BCUT2D eigenvalue weighted by molar-refractivity contribution is 7.92. The molecule has 2 aromatic rings. The van der Waals surface area contributed by atoms with E-state index in [1.807, 2.05) is 0 Å². The summed E-state index contributed by atoms with van der Waals surface area (Å²) in [7, 11) is -2.17. The molecule has 1 aliphatic rings. The van der Waals surface area contributed by atoms with Gasteiger partial charge in [0.15, 0.2) is 0 Å². The Labute approximate surface area is 241 Å². The van der Waals surface area contributed by atoms with E-state index in [9.17, 15) is 18.0 Å². The lowest BCUT2D eigenvalue weighted by Crippen LogP contribution is -2.50. The van der Waals surface area contributed by atoms with Crippen molar-refractivity contribution in [1.82, 2.24) is 10.2 Å². The fourth-order valence-corrected chi connectivity index (χ4v) is 6.31. The molecule has 1 N–H and O–H groups in total. The minimum Gasteiger partial charge on any atom is -0.495 e. The van der Waals surface area contributed by atoms with Crippen molar-refractivity contribution in [3.05, 3.63) is 58.1 Å². The Hall–Kier alpha value is -2.49. The molecule has 1 atom stereocenters. The molecule has 0 radical (unpaired) electrons. The average Bonchev–Trinajstić information content (AvgIpc) is 2.90. The largest absolute Gasteiger partial charge is 0.495 e. The number of anilines is 1. The van der Waals surface area contributed by atoms with Crippen molar-refractivity contribution in [1.29, 1.82) is 0 Å². The SMILES string of the molecule is COc1ccccc1N(CCCC(=O)N(Cc1c(Cl)cccc1Cl)[C@@H](C)C(=O)NC1CCCCC1)S(C)(=O)=O. The number of nitrogens with zero attached hydrogens (tertiary/aromatic N) is 2. The molecule has 1 aliphatic carbocycles. The lowest BCUT2D eigenvalue weighted by molar-refractivity contribution is -0.141. The molecular weight excluding hydrogens is 561 g/mol. The first-order chi connectivity index (χ1) is 18.5. The standard InChI is InChI=1S/C28H37Cl2N3O5S/c1-20(28(35)31-21-11-5-4-6-12-21)32(19-22-23(29)13-9-14-24(22)30)27(34)17-10-18-33(39(3,36)37)25-15-7-8-16-26(25)38-2/h7-9,13-16,20-21H,4-6,10-12,17-19H2,1-3H3,(H,31,35)/t20-/m0/s1. The van der Waals surface area contributed by atoms with Gasteiger partial charge in [0.25, 0.3) is 0 Å². The van der Waals surface area contributed by atoms with Gasteiger partial charge in [0.05, 0.1) is 19.1 Å². The van der Waals surface area contributed by atoms with E-state index in [4.69, 9.17) is 27.9 Å². The van der Waals surface area contributed by atoms with Gasteiger partial charge in [-0.2, -0.15) is 0 Å². The van der Waals surface area contributed by atoms with Crippen molar-refractivity contribution in [3.8, 4) is 5.75 Å². The molecule has 214 valence electrons. The number of ether oxygens (including phenoxy) is 1. The Morgan fingerprint density at radius 2 is 1.69 bits per heavy atom. The highest BCUT2D eigenvalue weighted by Crippen LogP contribution is 2.30. The molecule has 0 bridgehead atoms. The first kappa shape index (κ1) is 31.0. The van der Waals surface area contributed by atoms with Gasteiger partial charge in [0.1, 0.15) is 11.8 Å². The zero-order chi connectivity index (χ0) is 28.6. The summed E-state index contributed by atoms with van der Waals surface area (Å²) < 4.78 is 31.8. The maximum atomic E-state index is 13.6. The van der Waals surface area contributed by atoms with Gasteiger partial charge in [-0.3, -0.25) is 13.9 Å². The molecule has 11 heteroatoms. The monoisotopic (exact) mass is 597 g/mol. The van der Waals surface area contributed by atoms with Gasteiger partial charge in [-0.05, 0) is 50.5 Å². The number of rotatable bonds is 12. The predicted molar refractivity (Wildman–Crippen MR) is 156 cm³/mol. The number of hydrogen-bond acceptors (Lipinski definition) is 5. The lowest BCUT2D eigenvalue weighted by atomic mass is 9.95. The third-order valence-electron chi connectivity index (χ3n) is 7.02. The van der Waals surface area contributed by atoms with E-state index in [0.717, 1.165) is 38.4 Å². The highest BCUT2D eigenvalue weighted by Gasteiger charge is 2.29. The molecule has 0 saturated heterocycles. The second-order valence-electron chi connectivity index (χ2n) is 9.85. The van der Waals surface area contributed by atoms with Crippen molar-refractivity contribution in [2.45, 2.75) is 70.5 Å². The number of carbonyl (C=O) groups is 2. The number of para-hydroxylation sites is 2. The van der Waals surface area contributed by atoms with Gasteiger partial charge in [-0.1, -0.05) is 60.7 Å². The Bertz CT molecular complexity index is 1230. The van der Waals surface area contributed by atoms with Crippen molar-refractivity contribution >= 4 is 50.7 Å². The van der Waals surface area contributed by atoms with Gasteiger partial charge < -0.3 is 15.0 Å². The van der Waals surface area contributed by atoms with Crippen LogP contribution in [0.1, 0.15) is 57.4 Å². The van der Waals surface area contributed by atoms with Crippen molar-refractivity contribution in [2.24, 2.45) is 0 Å². The summed E-state index contributed by atoms with van der Waals surface area (Å²) >= 11 is 12.8. The molecule has 8 nitrogen and oxygen atoms in total. The Morgan fingerprint density at radius 3 is 2.31 bits per heavy atom. The lowest BCUT2D eigenvalue weighted by Gasteiger charge is -2.32. The first-order valence-corrected chi connectivity index (χ1v) is 15.8. The zero-order valence-electron chi connectivity index (χ0n) is 22.7. The normalized spacial score (nSPS) is 14.9. The molecule has 0 aromatic heterocycles. The van der Waals surface area contributed by atoms with Crippen LogP contribution in [0.4, 0.5) is 5.69 Å². The average molecular weight is 599 g/mol. The minimum atomic E-state index is -3.65. The zero-order valence-corrected chi connectivity index (χ0v) is 25.0. The summed E-state index contributed by atoms with van der Waals surface area (Å²) in [5.74, 6) is -0.117. The quantitative estimate of drug-likeness (QED) is 0.352. The van der Waals surface area contributed by atoms with Gasteiger partial charge >= 0.3 is 0 Å². The van der Waals surface area contributed by atoms with Gasteiger partial charge in [0.2, 0.25) is 21.8 Å². The van der Waals surface area contributed by atoms with Crippen LogP contribution >= 0.6 is 23.2 Å². The van der Waals surface area contributed by atoms with Crippen LogP contribution < -0.4 is 14.4 Å². The molecule has 2 amide bonds. The first-order valence-electron chi connectivity index (χ1n) is 13.2. The molecule has 1 saturated carbocycles. The van der Waals surface area contributed by atoms with Crippen LogP contribution in [0.3, 0.4) is 0 Å². The number of hydrogen-bond donors (Lipinski definition) is 1. The maximum Gasteiger partial charge on any atom is 0.242 e. The van der Waals surface area contributed by atoms with E-state index in [1.54, 1.807) is 49.4 Å². The fourth-order valence-electron chi connectivity index (χ4n) is 4.82. The number of methoxy groups -OCH3 is 1. The summed E-state index contributed by atoms with van der Waals surface area (Å²) in [4.78, 5) is 28.3. The van der Waals surface area contributed by atoms with Crippen LogP contribution in [0.15, 0.2) is 42.5 Å². The van der Waals surface area contributed by atoms with E-state index < -0.39 is 16.1 Å². The smallest absolute Gasteiger partial charge is 0.242 e. The summed E-state index contributed by atoms with van der Waals surface area (Å²) in [6, 6.07) is 11.2.